The lowest BCUT2D eigenvalue weighted by Crippen LogP contribution is -2.42. The third kappa shape index (κ3) is 3.97. The van der Waals surface area contributed by atoms with Crippen LogP contribution < -0.4 is 5.32 Å². The van der Waals surface area contributed by atoms with Crippen molar-refractivity contribution >= 4 is 23.5 Å². The lowest BCUT2D eigenvalue weighted by Gasteiger charge is -2.13. The fraction of sp³-hybridized carbons (Fsp3) is 0.467. The number of hydrogen-bond acceptors (Lipinski definition) is 2. The molecule has 0 saturated heterocycles. The molecule has 1 unspecified atom stereocenters. The number of carboxylic acids is 1. The van der Waals surface area contributed by atoms with Gasteiger partial charge in [0.2, 0.25) is 5.91 Å². The Bertz CT molecular complexity index is 526. The second-order valence-electron chi connectivity index (χ2n) is 5.30. The summed E-state index contributed by atoms with van der Waals surface area (Å²) in [7, 11) is 0. The fourth-order valence-corrected chi connectivity index (χ4v) is 2.31. The fourth-order valence-electron chi connectivity index (χ4n) is 2.11. The van der Waals surface area contributed by atoms with Crippen LogP contribution in [0.2, 0.25) is 5.02 Å². The first-order valence-corrected chi connectivity index (χ1v) is 7.12. The maximum Gasteiger partial charge on any atom is 0.326 e. The lowest BCUT2D eigenvalue weighted by molar-refractivity contribution is -0.142. The van der Waals surface area contributed by atoms with Gasteiger partial charge in [0, 0.05) is 11.4 Å². The normalized spacial score (nSPS) is 15.7. The van der Waals surface area contributed by atoms with E-state index in [2.05, 4.69) is 5.32 Å². The Morgan fingerprint density at radius 3 is 2.70 bits per heavy atom. The van der Waals surface area contributed by atoms with Gasteiger partial charge in [-0.1, -0.05) is 23.7 Å². The molecule has 1 saturated carbocycles. The summed E-state index contributed by atoms with van der Waals surface area (Å²) in [4.78, 5) is 22.8. The minimum atomic E-state index is -0.945. The Morgan fingerprint density at radius 1 is 1.45 bits per heavy atom. The first kappa shape index (κ1) is 14.9. The minimum absolute atomic E-state index is 0.102. The molecule has 1 fully saturated rings. The first-order chi connectivity index (χ1) is 9.47. The first-order valence-electron chi connectivity index (χ1n) is 6.74. The highest BCUT2D eigenvalue weighted by molar-refractivity contribution is 6.31. The third-order valence-corrected chi connectivity index (χ3v) is 3.96. The monoisotopic (exact) mass is 295 g/mol. The molecule has 5 heteroatoms. The van der Waals surface area contributed by atoms with E-state index in [1.807, 2.05) is 25.1 Å². The Labute approximate surface area is 123 Å². The largest absolute Gasteiger partial charge is 0.480 e. The zero-order valence-corrected chi connectivity index (χ0v) is 12.1. The molecule has 1 atom stereocenters. The van der Waals surface area contributed by atoms with Gasteiger partial charge in [-0.05, 0) is 49.3 Å². The molecule has 4 nitrogen and oxygen atoms in total. The SMILES string of the molecule is Cc1ccc(CCC(=O)NC(C(=O)O)C2CC2)cc1Cl. The van der Waals surface area contributed by atoms with Crippen molar-refractivity contribution in [2.24, 2.45) is 5.92 Å². The number of nitrogens with one attached hydrogen (secondary N) is 1. The standard InChI is InChI=1S/C15H18ClNO3/c1-9-2-3-10(8-12(9)16)4-7-13(18)17-14(15(19)20)11-5-6-11/h2-3,8,11,14H,4-7H2,1H3,(H,17,18)(H,19,20). The van der Waals surface area contributed by atoms with Crippen LogP contribution in [0.1, 0.15) is 30.4 Å². The van der Waals surface area contributed by atoms with Crippen LogP contribution in [0.25, 0.3) is 0 Å². The molecule has 0 bridgehead atoms. The number of carbonyl (C=O) groups is 2. The Kier molecular flexibility index (Phi) is 4.65. The molecule has 1 aliphatic carbocycles. The highest BCUT2D eigenvalue weighted by Gasteiger charge is 2.37. The topological polar surface area (TPSA) is 66.4 Å². The molecule has 20 heavy (non-hydrogen) atoms. The molecular weight excluding hydrogens is 278 g/mol. The summed E-state index contributed by atoms with van der Waals surface area (Å²) in [6.07, 6.45) is 2.59. The smallest absolute Gasteiger partial charge is 0.326 e. The van der Waals surface area contributed by atoms with E-state index in [1.54, 1.807) is 0 Å². The number of halogens is 1. The van der Waals surface area contributed by atoms with E-state index in [4.69, 9.17) is 16.7 Å². The quantitative estimate of drug-likeness (QED) is 0.847. The van der Waals surface area contributed by atoms with Crippen LogP contribution in [0.3, 0.4) is 0 Å². The molecule has 0 radical (unpaired) electrons. The van der Waals surface area contributed by atoms with Crippen molar-refractivity contribution in [2.45, 2.75) is 38.6 Å². The van der Waals surface area contributed by atoms with E-state index >= 15 is 0 Å². The predicted molar refractivity (Wildman–Crippen MR) is 76.8 cm³/mol. The van der Waals surface area contributed by atoms with Crippen LogP contribution in [-0.4, -0.2) is 23.0 Å². The van der Waals surface area contributed by atoms with E-state index in [1.165, 1.54) is 0 Å². The summed E-state index contributed by atoms with van der Waals surface area (Å²) in [5.74, 6) is -1.06. The molecule has 2 N–H and O–H groups in total. The predicted octanol–water partition coefficient (Wildman–Crippen LogP) is 2.56. The number of amides is 1. The maximum absolute atomic E-state index is 11.8. The number of hydrogen-bond donors (Lipinski definition) is 2. The summed E-state index contributed by atoms with van der Waals surface area (Å²) >= 11 is 6.03. The maximum atomic E-state index is 11.8. The van der Waals surface area contributed by atoms with Crippen LogP contribution in [0.4, 0.5) is 0 Å². The van der Waals surface area contributed by atoms with Crippen LogP contribution in [0.5, 0.6) is 0 Å². The molecular formula is C15H18ClNO3. The average Bonchev–Trinajstić information content (AvgIpc) is 3.21. The number of rotatable bonds is 6. The van der Waals surface area contributed by atoms with Crippen LogP contribution in [0, 0.1) is 12.8 Å². The van der Waals surface area contributed by atoms with E-state index in [0.717, 1.165) is 24.0 Å². The van der Waals surface area contributed by atoms with Crippen molar-refractivity contribution in [3.8, 4) is 0 Å². The summed E-state index contributed by atoms with van der Waals surface area (Å²) < 4.78 is 0. The number of aryl methyl sites for hydroxylation is 2. The van der Waals surface area contributed by atoms with Gasteiger partial charge < -0.3 is 10.4 Å². The van der Waals surface area contributed by atoms with Gasteiger partial charge in [-0.3, -0.25) is 4.79 Å². The van der Waals surface area contributed by atoms with Crippen LogP contribution in [0.15, 0.2) is 18.2 Å². The highest BCUT2D eigenvalue weighted by atomic mass is 35.5. The molecule has 0 spiro atoms. The van der Waals surface area contributed by atoms with Gasteiger partial charge in [0.15, 0.2) is 0 Å². The van der Waals surface area contributed by atoms with Crippen molar-refractivity contribution in [1.29, 1.82) is 0 Å². The average molecular weight is 296 g/mol. The third-order valence-electron chi connectivity index (χ3n) is 3.55. The molecule has 0 heterocycles. The van der Waals surface area contributed by atoms with Gasteiger partial charge in [0.05, 0.1) is 0 Å². The molecule has 1 amide bonds. The second kappa shape index (κ2) is 6.27. The molecule has 0 aromatic heterocycles. The van der Waals surface area contributed by atoms with Crippen molar-refractivity contribution in [3.63, 3.8) is 0 Å². The van der Waals surface area contributed by atoms with Gasteiger partial charge in [-0.2, -0.15) is 0 Å². The minimum Gasteiger partial charge on any atom is -0.480 e. The van der Waals surface area contributed by atoms with Gasteiger partial charge in [0.25, 0.3) is 0 Å². The van der Waals surface area contributed by atoms with Crippen LogP contribution >= 0.6 is 11.6 Å². The summed E-state index contributed by atoms with van der Waals surface area (Å²) in [5, 5.41) is 12.3. The molecule has 108 valence electrons. The van der Waals surface area contributed by atoms with E-state index in [0.29, 0.717) is 11.4 Å². The van der Waals surface area contributed by atoms with Crippen molar-refractivity contribution in [2.75, 3.05) is 0 Å². The van der Waals surface area contributed by atoms with E-state index in [-0.39, 0.29) is 18.2 Å². The van der Waals surface area contributed by atoms with Crippen LogP contribution in [-0.2, 0) is 16.0 Å². The van der Waals surface area contributed by atoms with E-state index in [9.17, 15) is 9.59 Å². The number of carbonyl (C=O) groups excluding carboxylic acids is 1. The Morgan fingerprint density at radius 2 is 2.15 bits per heavy atom. The molecule has 1 aliphatic rings. The van der Waals surface area contributed by atoms with Gasteiger partial charge in [0.1, 0.15) is 6.04 Å². The van der Waals surface area contributed by atoms with E-state index < -0.39 is 12.0 Å². The van der Waals surface area contributed by atoms with Crippen molar-refractivity contribution in [1.82, 2.24) is 5.32 Å². The zero-order valence-electron chi connectivity index (χ0n) is 11.4. The Balaban J connectivity index is 1.85. The lowest BCUT2D eigenvalue weighted by atomic mass is 10.1. The summed E-state index contributed by atoms with van der Waals surface area (Å²) in [6, 6.07) is 4.97. The Hall–Kier alpha value is -1.55. The second-order valence-corrected chi connectivity index (χ2v) is 5.71. The molecule has 0 aliphatic heterocycles. The number of aliphatic carboxylic acids is 1. The molecule has 2 rings (SSSR count). The number of benzene rings is 1. The summed E-state index contributed by atoms with van der Waals surface area (Å²) in [5.41, 5.74) is 1.98. The molecule has 1 aromatic carbocycles. The zero-order chi connectivity index (χ0) is 14.7. The van der Waals surface area contributed by atoms with Crippen molar-refractivity contribution in [3.05, 3.63) is 34.3 Å². The van der Waals surface area contributed by atoms with Gasteiger partial charge >= 0.3 is 5.97 Å². The summed E-state index contributed by atoms with van der Waals surface area (Å²) in [6.45, 7) is 1.92. The van der Waals surface area contributed by atoms with Gasteiger partial charge in [-0.25, -0.2) is 4.79 Å². The highest BCUT2D eigenvalue weighted by Crippen LogP contribution is 2.32. The van der Waals surface area contributed by atoms with Crippen molar-refractivity contribution < 1.29 is 14.7 Å². The molecule has 1 aromatic rings. The number of carboxylic acid groups (broad SMARTS) is 1. The van der Waals surface area contributed by atoms with Gasteiger partial charge in [-0.15, -0.1) is 0 Å².